The number of carbonyl (C=O) groups is 2. The third-order valence-corrected chi connectivity index (χ3v) is 3.64. The second-order valence-corrected chi connectivity index (χ2v) is 5.45. The van der Waals surface area contributed by atoms with Crippen molar-refractivity contribution in [3.8, 4) is 0 Å². The number of carbonyl (C=O) groups excluding carboxylic acids is 1. The van der Waals surface area contributed by atoms with Gasteiger partial charge in [0.25, 0.3) is 5.91 Å². The van der Waals surface area contributed by atoms with Crippen molar-refractivity contribution in [1.29, 1.82) is 0 Å². The van der Waals surface area contributed by atoms with Gasteiger partial charge in [0.2, 0.25) is 0 Å². The molecule has 2 rings (SSSR count). The van der Waals surface area contributed by atoms with E-state index < -0.39 is 18.1 Å². The van der Waals surface area contributed by atoms with Crippen LogP contribution in [0.3, 0.4) is 0 Å². The number of aliphatic hydroxyl groups is 1. The number of rotatable bonds is 2. The maximum Gasteiger partial charge on any atom is 0.326 e. The minimum atomic E-state index is -1.08. The Bertz CT molecular complexity index is 473. The van der Waals surface area contributed by atoms with Gasteiger partial charge in [-0.1, -0.05) is 0 Å². The molecule has 0 spiro atoms. The molecule has 0 radical (unpaired) electrons. The van der Waals surface area contributed by atoms with Crippen LogP contribution in [0.1, 0.15) is 16.8 Å². The maximum absolute atomic E-state index is 12.2. The highest BCUT2D eigenvalue weighted by molar-refractivity contribution is 14.1. The second kappa shape index (κ2) is 5.23. The molecule has 1 aromatic carbocycles. The van der Waals surface area contributed by atoms with Crippen molar-refractivity contribution in [2.45, 2.75) is 18.6 Å². The molecule has 1 aliphatic rings. The Kier molecular flexibility index (Phi) is 3.86. The number of hydrogen-bond donors (Lipinski definition) is 2. The molecule has 6 heteroatoms. The summed E-state index contributed by atoms with van der Waals surface area (Å²) in [6.45, 7) is 0.0712. The highest BCUT2D eigenvalue weighted by atomic mass is 127. The Labute approximate surface area is 118 Å². The SMILES string of the molecule is O=C(O)C1CC(O)CN1C(=O)c1ccc(I)cc1. The Hall–Kier alpha value is -1.15. The minimum Gasteiger partial charge on any atom is -0.480 e. The van der Waals surface area contributed by atoms with Crippen LogP contribution in [-0.4, -0.2) is 45.7 Å². The smallest absolute Gasteiger partial charge is 0.326 e. The van der Waals surface area contributed by atoms with E-state index in [9.17, 15) is 14.7 Å². The third kappa shape index (κ3) is 2.64. The molecule has 2 N–H and O–H groups in total. The van der Waals surface area contributed by atoms with Crippen LogP contribution in [0.4, 0.5) is 0 Å². The van der Waals surface area contributed by atoms with E-state index in [0.29, 0.717) is 5.56 Å². The first kappa shape index (κ1) is 13.3. The summed E-state index contributed by atoms with van der Waals surface area (Å²) < 4.78 is 1.00. The van der Waals surface area contributed by atoms with Crippen molar-refractivity contribution >= 4 is 34.5 Å². The maximum atomic E-state index is 12.2. The van der Waals surface area contributed by atoms with Gasteiger partial charge in [-0.15, -0.1) is 0 Å². The summed E-state index contributed by atoms with van der Waals surface area (Å²) in [7, 11) is 0. The van der Waals surface area contributed by atoms with Crippen LogP contribution < -0.4 is 0 Å². The predicted octanol–water partition coefficient (Wildman–Crippen LogP) is 0.951. The number of aliphatic hydroxyl groups excluding tert-OH is 1. The number of likely N-dealkylation sites (tertiary alicyclic amines) is 1. The highest BCUT2D eigenvalue weighted by Crippen LogP contribution is 2.21. The summed E-state index contributed by atoms with van der Waals surface area (Å²) in [6, 6.07) is 5.96. The fourth-order valence-corrected chi connectivity index (χ4v) is 2.39. The quantitative estimate of drug-likeness (QED) is 0.769. The Morgan fingerprint density at radius 1 is 1.28 bits per heavy atom. The lowest BCUT2D eigenvalue weighted by Gasteiger charge is -2.21. The fraction of sp³-hybridized carbons (Fsp3) is 0.333. The van der Waals surface area contributed by atoms with E-state index in [2.05, 4.69) is 22.6 Å². The van der Waals surface area contributed by atoms with E-state index in [-0.39, 0.29) is 18.9 Å². The molecule has 18 heavy (non-hydrogen) atoms. The number of halogens is 1. The topological polar surface area (TPSA) is 77.8 Å². The summed E-state index contributed by atoms with van der Waals surface area (Å²) in [5, 5.41) is 18.5. The van der Waals surface area contributed by atoms with Gasteiger partial charge in [-0.2, -0.15) is 0 Å². The number of β-amino-alcohol motifs (C(OH)–C–C–N with tert-alkyl or cyclic N) is 1. The number of aliphatic carboxylic acids is 1. The molecule has 1 aliphatic heterocycles. The van der Waals surface area contributed by atoms with Gasteiger partial charge in [0, 0.05) is 22.1 Å². The van der Waals surface area contributed by atoms with Crippen LogP contribution in [0.5, 0.6) is 0 Å². The van der Waals surface area contributed by atoms with E-state index in [1.807, 2.05) is 0 Å². The molecular formula is C12H12INO4. The number of amides is 1. The zero-order valence-corrected chi connectivity index (χ0v) is 11.6. The standard InChI is InChI=1S/C12H12INO4/c13-8-3-1-7(2-4-8)11(16)14-6-9(15)5-10(14)12(17)18/h1-4,9-10,15H,5-6H2,(H,17,18). The molecular weight excluding hydrogens is 349 g/mol. The Morgan fingerprint density at radius 2 is 1.89 bits per heavy atom. The fourth-order valence-electron chi connectivity index (χ4n) is 2.03. The third-order valence-electron chi connectivity index (χ3n) is 2.92. The van der Waals surface area contributed by atoms with Gasteiger partial charge in [0.1, 0.15) is 6.04 Å². The second-order valence-electron chi connectivity index (χ2n) is 4.21. The van der Waals surface area contributed by atoms with Gasteiger partial charge in [-0.05, 0) is 46.9 Å². The van der Waals surface area contributed by atoms with Crippen molar-refractivity contribution in [1.82, 2.24) is 4.90 Å². The first-order valence-electron chi connectivity index (χ1n) is 5.46. The van der Waals surface area contributed by atoms with Gasteiger partial charge in [0.15, 0.2) is 0 Å². The molecule has 2 unspecified atom stereocenters. The van der Waals surface area contributed by atoms with E-state index >= 15 is 0 Å². The molecule has 0 saturated carbocycles. The molecule has 0 aromatic heterocycles. The normalized spacial score (nSPS) is 23.1. The van der Waals surface area contributed by atoms with Gasteiger partial charge in [-0.25, -0.2) is 4.79 Å². The van der Waals surface area contributed by atoms with E-state index in [1.165, 1.54) is 4.90 Å². The summed E-state index contributed by atoms with van der Waals surface area (Å²) in [5.41, 5.74) is 0.441. The molecule has 0 aliphatic carbocycles. The minimum absolute atomic E-state index is 0.0712. The van der Waals surface area contributed by atoms with Crippen molar-refractivity contribution in [3.05, 3.63) is 33.4 Å². The summed E-state index contributed by atoms with van der Waals surface area (Å²) in [5.74, 6) is -1.43. The molecule has 96 valence electrons. The van der Waals surface area contributed by atoms with Crippen LogP contribution in [0.15, 0.2) is 24.3 Å². The van der Waals surface area contributed by atoms with Crippen molar-refractivity contribution < 1.29 is 19.8 Å². The summed E-state index contributed by atoms with van der Waals surface area (Å²) >= 11 is 2.13. The van der Waals surface area contributed by atoms with Gasteiger partial charge in [0.05, 0.1) is 6.10 Å². The van der Waals surface area contributed by atoms with Crippen LogP contribution >= 0.6 is 22.6 Å². The lowest BCUT2D eigenvalue weighted by molar-refractivity contribution is -0.141. The zero-order chi connectivity index (χ0) is 13.3. The molecule has 5 nitrogen and oxygen atoms in total. The van der Waals surface area contributed by atoms with Crippen LogP contribution in [0.2, 0.25) is 0 Å². The van der Waals surface area contributed by atoms with Crippen molar-refractivity contribution in [3.63, 3.8) is 0 Å². The molecule has 1 fully saturated rings. The highest BCUT2D eigenvalue weighted by Gasteiger charge is 2.39. The average Bonchev–Trinajstić information content (AvgIpc) is 2.71. The van der Waals surface area contributed by atoms with E-state index in [1.54, 1.807) is 24.3 Å². The number of nitrogens with zero attached hydrogens (tertiary/aromatic N) is 1. The van der Waals surface area contributed by atoms with Crippen LogP contribution in [0.25, 0.3) is 0 Å². The number of carboxylic acids is 1. The largest absolute Gasteiger partial charge is 0.480 e. The van der Waals surface area contributed by atoms with Gasteiger partial charge < -0.3 is 15.1 Å². The van der Waals surface area contributed by atoms with Crippen LogP contribution in [-0.2, 0) is 4.79 Å². The van der Waals surface area contributed by atoms with Crippen LogP contribution in [0, 0.1) is 3.57 Å². The molecule has 1 saturated heterocycles. The first-order valence-corrected chi connectivity index (χ1v) is 6.54. The molecule has 1 amide bonds. The van der Waals surface area contributed by atoms with E-state index in [0.717, 1.165) is 3.57 Å². The summed E-state index contributed by atoms with van der Waals surface area (Å²) in [4.78, 5) is 24.4. The number of carboxylic acid groups (broad SMARTS) is 1. The van der Waals surface area contributed by atoms with Gasteiger partial charge >= 0.3 is 5.97 Å². The monoisotopic (exact) mass is 361 g/mol. The lowest BCUT2D eigenvalue weighted by atomic mass is 10.1. The first-order chi connectivity index (χ1) is 8.49. The van der Waals surface area contributed by atoms with Gasteiger partial charge in [-0.3, -0.25) is 4.79 Å². The average molecular weight is 361 g/mol. The molecule has 2 atom stereocenters. The Balaban J connectivity index is 2.22. The lowest BCUT2D eigenvalue weighted by Crippen LogP contribution is -2.40. The predicted molar refractivity (Wildman–Crippen MR) is 72.2 cm³/mol. The molecule has 0 bridgehead atoms. The summed E-state index contributed by atoms with van der Waals surface area (Å²) in [6.07, 6.45) is -0.676. The molecule has 1 aromatic rings. The number of benzene rings is 1. The zero-order valence-electron chi connectivity index (χ0n) is 9.41. The molecule has 1 heterocycles. The Morgan fingerprint density at radius 3 is 2.44 bits per heavy atom. The van der Waals surface area contributed by atoms with E-state index in [4.69, 9.17) is 5.11 Å². The van der Waals surface area contributed by atoms with Crippen molar-refractivity contribution in [2.75, 3.05) is 6.54 Å². The van der Waals surface area contributed by atoms with Crippen molar-refractivity contribution in [2.24, 2.45) is 0 Å². The number of hydrogen-bond acceptors (Lipinski definition) is 3.